The van der Waals surface area contributed by atoms with Crippen LogP contribution in [0.25, 0.3) is 11.0 Å². The van der Waals surface area contributed by atoms with E-state index >= 15 is 0 Å². The standard InChI is InChI=1S/C11H11ClN4O5/c1-6(17)20-4-2-3-13-8-5-7(12)9-10(15-21-14-9)11(8)16(18)19/h5,13H,2-4H2,1H3. The van der Waals surface area contributed by atoms with E-state index in [1.54, 1.807) is 0 Å². The molecule has 9 nitrogen and oxygen atoms in total. The van der Waals surface area contributed by atoms with Crippen molar-refractivity contribution in [1.29, 1.82) is 0 Å². The molecule has 0 saturated heterocycles. The van der Waals surface area contributed by atoms with Crippen LogP contribution in [-0.4, -0.2) is 34.4 Å². The minimum atomic E-state index is -0.586. The fourth-order valence-electron chi connectivity index (χ4n) is 1.72. The van der Waals surface area contributed by atoms with Crippen LogP contribution in [0.15, 0.2) is 10.7 Å². The minimum Gasteiger partial charge on any atom is -0.466 e. The third kappa shape index (κ3) is 3.37. The Hall–Kier alpha value is -2.42. The average molecular weight is 315 g/mol. The molecule has 0 saturated carbocycles. The number of hydrogen-bond acceptors (Lipinski definition) is 8. The van der Waals surface area contributed by atoms with E-state index in [0.717, 1.165) is 0 Å². The van der Waals surface area contributed by atoms with Crippen molar-refractivity contribution in [3.63, 3.8) is 0 Å². The number of nitro benzene ring substituents is 1. The molecule has 0 bridgehead atoms. The van der Waals surface area contributed by atoms with Crippen molar-refractivity contribution in [2.24, 2.45) is 0 Å². The molecule has 1 heterocycles. The molecule has 1 aromatic heterocycles. The maximum atomic E-state index is 11.2. The summed E-state index contributed by atoms with van der Waals surface area (Å²) in [5, 5.41) is 21.3. The van der Waals surface area contributed by atoms with Gasteiger partial charge in [-0.15, -0.1) is 0 Å². The molecule has 2 aromatic rings. The van der Waals surface area contributed by atoms with Crippen molar-refractivity contribution in [2.45, 2.75) is 13.3 Å². The Labute approximate surface area is 123 Å². The molecule has 0 amide bonds. The minimum absolute atomic E-state index is 0.0185. The summed E-state index contributed by atoms with van der Waals surface area (Å²) in [6.07, 6.45) is 0.490. The van der Waals surface area contributed by atoms with Crippen molar-refractivity contribution in [3.8, 4) is 0 Å². The Kier molecular flexibility index (Phi) is 4.53. The summed E-state index contributed by atoms with van der Waals surface area (Å²) >= 11 is 5.97. The highest BCUT2D eigenvalue weighted by Gasteiger charge is 2.24. The lowest BCUT2D eigenvalue weighted by atomic mass is 10.2. The Morgan fingerprint density at radius 3 is 2.90 bits per heavy atom. The van der Waals surface area contributed by atoms with Gasteiger partial charge < -0.3 is 10.1 Å². The van der Waals surface area contributed by atoms with E-state index < -0.39 is 4.92 Å². The number of carbonyl (C=O) groups is 1. The van der Waals surface area contributed by atoms with Crippen LogP contribution in [0, 0.1) is 10.1 Å². The van der Waals surface area contributed by atoms with Gasteiger partial charge in [0.05, 0.1) is 16.6 Å². The number of rotatable bonds is 6. The molecule has 1 N–H and O–H groups in total. The van der Waals surface area contributed by atoms with Gasteiger partial charge in [0.25, 0.3) is 0 Å². The number of nitrogens with zero attached hydrogens (tertiary/aromatic N) is 3. The van der Waals surface area contributed by atoms with E-state index in [-0.39, 0.29) is 40.0 Å². The number of nitrogens with one attached hydrogen (secondary N) is 1. The first kappa shape index (κ1) is 15.0. The van der Waals surface area contributed by atoms with Crippen molar-refractivity contribution in [3.05, 3.63) is 21.2 Å². The van der Waals surface area contributed by atoms with E-state index in [1.165, 1.54) is 13.0 Å². The normalized spacial score (nSPS) is 10.6. The first-order valence-electron chi connectivity index (χ1n) is 5.97. The molecule has 0 fully saturated rings. The summed E-state index contributed by atoms with van der Waals surface area (Å²) < 4.78 is 9.25. The Morgan fingerprint density at radius 1 is 1.52 bits per heavy atom. The monoisotopic (exact) mass is 314 g/mol. The lowest BCUT2D eigenvalue weighted by molar-refractivity contribution is -0.382. The van der Waals surface area contributed by atoms with Crippen LogP contribution in [0.4, 0.5) is 11.4 Å². The molecule has 0 spiro atoms. The highest BCUT2D eigenvalue weighted by Crippen LogP contribution is 2.36. The number of aromatic nitrogens is 2. The maximum absolute atomic E-state index is 11.2. The van der Waals surface area contributed by atoms with E-state index in [1.807, 2.05) is 0 Å². The van der Waals surface area contributed by atoms with Crippen LogP contribution in [0.2, 0.25) is 5.02 Å². The highest BCUT2D eigenvalue weighted by atomic mass is 35.5. The number of hydrogen-bond donors (Lipinski definition) is 1. The average Bonchev–Trinajstić information content (AvgIpc) is 2.87. The van der Waals surface area contributed by atoms with Crippen molar-refractivity contribution < 1.29 is 19.1 Å². The van der Waals surface area contributed by atoms with Gasteiger partial charge in [0, 0.05) is 13.5 Å². The molecule has 0 aliphatic rings. The van der Waals surface area contributed by atoms with Gasteiger partial charge in [-0.05, 0) is 22.8 Å². The van der Waals surface area contributed by atoms with Crippen LogP contribution in [0.5, 0.6) is 0 Å². The fraction of sp³-hybridized carbons (Fsp3) is 0.364. The zero-order valence-electron chi connectivity index (χ0n) is 11.0. The number of fused-ring (bicyclic) bond motifs is 1. The van der Waals surface area contributed by atoms with Crippen molar-refractivity contribution >= 4 is 40.0 Å². The quantitative estimate of drug-likeness (QED) is 0.372. The van der Waals surface area contributed by atoms with Gasteiger partial charge in [0.1, 0.15) is 5.69 Å². The Morgan fingerprint density at radius 2 is 2.24 bits per heavy atom. The summed E-state index contributed by atoms with van der Waals surface area (Å²) in [5.74, 6) is -0.376. The van der Waals surface area contributed by atoms with Gasteiger partial charge >= 0.3 is 11.7 Å². The molecule has 21 heavy (non-hydrogen) atoms. The SMILES string of the molecule is CC(=O)OCCCNc1cc(Cl)c2nonc2c1[N+](=O)[O-]. The largest absolute Gasteiger partial charge is 0.466 e. The van der Waals surface area contributed by atoms with Gasteiger partial charge in [0.2, 0.25) is 5.52 Å². The smallest absolute Gasteiger partial charge is 0.323 e. The molecule has 112 valence electrons. The lowest BCUT2D eigenvalue weighted by Crippen LogP contribution is -2.09. The predicted molar refractivity (Wildman–Crippen MR) is 73.2 cm³/mol. The van der Waals surface area contributed by atoms with E-state index in [9.17, 15) is 14.9 Å². The lowest BCUT2D eigenvalue weighted by Gasteiger charge is -2.07. The highest BCUT2D eigenvalue weighted by molar-refractivity contribution is 6.35. The summed E-state index contributed by atoms with van der Waals surface area (Å²) in [6.45, 7) is 1.89. The fourth-order valence-corrected chi connectivity index (χ4v) is 1.96. The van der Waals surface area contributed by atoms with Gasteiger partial charge in [0.15, 0.2) is 5.52 Å². The first-order chi connectivity index (χ1) is 10.0. The molecule has 0 radical (unpaired) electrons. The van der Waals surface area contributed by atoms with Crippen LogP contribution in [0.3, 0.4) is 0 Å². The number of anilines is 1. The van der Waals surface area contributed by atoms with Crippen LogP contribution < -0.4 is 5.32 Å². The first-order valence-corrected chi connectivity index (χ1v) is 6.35. The predicted octanol–water partition coefficient (Wildman–Crippen LogP) is 2.15. The number of ether oxygens (including phenoxy) is 1. The Balaban J connectivity index is 2.16. The second kappa shape index (κ2) is 6.35. The van der Waals surface area contributed by atoms with Crippen LogP contribution in [-0.2, 0) is 9.53 Å². The maximum Gasteiger partial charge on any atom is 0.323 e. The van der Waals surface area contributed by atoms with Gasteiger partial charge in [-0.2, -0.15) is 0 Å². The summed E-state index contributed by atoms with van der Waals surface area (Å²) in [5.41, 5.74) is 0.0583. The summed E-state index contributed by atoms with van der Waals surface area (Å²) in [4.78, 5) is 21.2. The van der Waals surface area contributed by atoms with Crippen LogP contribution >= 0.6 is 11.6 Å². The zero-order valence-corrected chi connectivity index (χ0v) is 11.7. The molecule has 1 aromatic carbocycles. The molecule has 0 aliphatic carbocycles. The van der Waals surface area contributed by atoms with Gasteiger partial charge in [-0.1, -0.05) is 11.6 Å². The number of halogens is 1. The Bertz CT molecular complexity index is 687. The molecule has 0 aliphatic heterocycles. The van der Waals surface area contributed by atoms with Crippen LogP contribution in [0.1, 0.15) is 13.3 Å². The number of esters is 1. The molecule has 0 unspecified atom stereocenters. The molecule has 2 rings (SSSR count). The van der Waals surface area contributed by atoms with E-state index in [2.05, 4.69) is 20.3 Å². The van der Waals surface area contributed by atoms with Crippen molar-refractivity contribution in [1.82, 2.24) is 10.3 Å². The molecule has 10 heteroatoms. The summed E-state index contributed by atoms with van der Waals surface area (Å²) in [7, 11) is 0. The number of benzene rings is 1. The zero-order chi connectivity index (χ0) is 15.4. The second-order valence-electron chi connectivity index (χ2n) is 4.09. The second-order valence-corrected chi connectivity index (χ2v) is 4.50. The third-order valence-electron chi connectivity index (χ3n) is 2.59. The topological polar surface area (TPSA) is 120 Å². The summed E-state index contributed by atoms with van der Waals surface area (Å²) in [6, 6.07) is 1.39. The van der Waals surface area contributed by atoms with E-state index in [0.29, 0.717) is 13.0 Å². The molecule has 0 atom stereocenters. The third-order valence-corrected chi connectivity index (χ3v) is 2.88. The van der Waals surface area contributed by atoms with E-state index in [4.69, 9.17) is 16.3 Å². The molecular formula is C11H11ClN4O5. The van der Waals surface area contributed by atoms with Gasteiger partial charge in [-0.25, -0.2) is 4.63 Å². The number of nitro groups is 1. The number of carbonyl (C=O) groups excluding carboxylic acids is 1. The van der Waals surface area contributed by atoms with Gasteiger partial charge in [-0.3, -0.25) is 14.9 Å². The molecular weight excluding hydrogens is 304 g/mol. The van der Waals surface area contributed by atoms with Crippen molar-refractivity contribution in [2.75, 3.05) is 18.5 Å².